The number of carbonyl (C=O) groups excluding carboxylic acids is 1. The highest BCUT2D eigenvalue weighted by atomic mass is 16.6. The van der Waals surface area contributed by atoms with Crippen molar-refractivity contribution in [3.05, 3.63) is 12.2 Å². The fourth-order valence-corrected chi connectivity index (χ4v) is 3.60. The average molecular weight is 321 g/mol. The van der Waals surface area contributed by atoms with Gasteiger partial charge >= 0.3 is 6.09 Å². The summed E-state index contributed by atoms with van der Waals surface area (Å²) in [4.78, 5) is 21.3. The van der Waals surface area contributed by atoms with E-state index in [0.717, 1.165) is 38.3 Å². The van der Waals surface area contributed by atoms with Crippen molar-refractivity contribution < 1.29 is 9.53 Å². The third kappa shape index (κ3) is 3.65. The normalized spacial score (nSPS) is 25.5. The number of fused-ring (bicyclic) bond motifs is 2. The van der Waals surface area contributed by atoms with Gasteiger partial charge in [-0.2, -0.15) is 5.10 Å². The van der Waals surface area contributed by atoms with Crippen LogP contribution in [0.5, 0.6) is 0 Å². The van der Waals surface area contributed by atoms with Crippen molar-refractivity contribution >= 4 is 6.09 Å². The van der Waals surface area contributed by atoms with Gasteiger partial charge in [0.15, 0.2) is 0 Å². The minimum absolute atomic E-state index is 0.162. The molecule has 2 fully saturated rings. The van der Waals surface area contributed by atoms with Gasteiger partial charge in [-0.3, -0.25) is 14.5 Å². The van der Waals surface area contributed by atoms with Gasteiger partial charge in [0, 0.05) is 32.2 Å². The monoisotopic (exact) mass is 321 g/mol. The zero-order chi connectivity index (χ0) is 16.6. The maximum absolute atomic E-state index is 12.6. The highest BCUT2D eigenvalue weighted by Gasteiger charge is 2.41. The van der Waals surface area contributed by atoms with Gasteiger partial charge < -0.3 is 4.74 Å². The van der Waals surface area contributed by atoms with Crippen LogP contribution < -0.4 is 0 Å². The maximum Gasteiger partial charge on any atom is 0.410 e. The molecule has 0 N–H and O–H groups in total. The van der Waals surface area contributed by atoms with Gasteiger partial charge in [0.05, 0.1) is 6.54 Å². The minimum atomic E-state index is -0.443. The Morgan fingerprint density at radius 3 is 2.48 bits per heavy atom. The van der Waals surface area contributed by atoms with Gasteiger partial charge in [0.2, 0.25) is 0 Å². The number of hydrogen-bond donors (Lipinski definition) is 0. The van der Waals surface area contributed by atoms with Crippen LogP contribution in [0.25, 0.3) is 0 Å². The number of piperidine rings is 1. The molecule has 0 aliphatic carbocycles. The van der Waals surface area contributed by atoms with Crippen LogP contribution in [0.2, 0.25) is 0 Å². The topological polar surface area (TPSA) is 63.5 Å². The first-order valence-electron chi connectivity index (χ1n) is 8.40. The molecule has 7 nitrogen and oxygen atoms in total. The Kier molecular flexibility index (Phi) is 4.31. The zero-order valence-electron chi connectivity index (χ0n) is 14.5. The van der Waals surface area contributed by atoms with Gasteiger partial charge in [-0.25, -0.2) is 9.78 Å². The lowest BCUT2D eigenvalue weighted by molar-refractivity contribution is -0.0396. The zero-order valence-corrected chi connectivity index (χ0v) is 14.5. The van der Waals surface area contributed by atoms with Gasteiger partial charge in [0.1, 0.15) is 17.8 Å². The predicted molar refractivity (Wildman–Crippen MR) is 85.8 cm³/mol. The lowest BCUT2D eigenvalue weighted by Crippen LogP contribution is -2.62. The molecule has 0 unspecified atom stereocenters. The number of carbonyl (C=O) groups is 1. The lowest BCUT2D eigenvalue weighted by Gasteiger charge is -2.49. The van der Waals surface area contributed by atoms with Crippen LogP contribution in [0.1, 0.15) is 45.9 Å². The Hall–Kier alpha value is -1.63. The molecule has 1 aromatic rings. The number of aromatic nitrogens is 3. The Bertz CT molecular complexity index is 551. The lowest BCUT2D eigenvalue weighted by atomic mass is 9.91. The summed E-state index contributed by atoms with van der Waals surface area (Å²) < 4.78 is 7.43. The molecule has 128 valence electrons. The first-order chi connectivity index (χ1) is 10.8. The van der Waals surface area contributed by atoms with Gasteiger partial charge in [-0.15, -0.1) is 0 Å². The van der Waals surface area contributed by atoms with Crippen molar-refractivity contribution in [2.75, 3.05) is 13.1 Å². The molecule has 1 aromatic heterocycles. The largest absolute Gasteiger partial charge is 0.444 e. The van der Waals surface area contributed by atoms with E-state index in [4.69, 9.17) is 4.74 Å². The number of aryl methyl sites for hydroxylation is 1. The second-order valence-corrected chi connectivity index (χ2v) is 7.62. The van der Waals surface area contributed by atoms with Crippen LogP contribution in [0, 0.1) is 0 Å². The van der Waals surface area contributed by atoms with Crippen molar-refractivity contribution in [1.29, 1.82) is 0 Å². The maximum atomic E-state index is 12.6. The molecule has 2 atom stereocenters. The highest BCUT2D eigenvalue weighted by molar-refractivity contribution is 5.69. The molecule has 2 aliphatic heterocycles. The summed E-state index contributed by atoms with van der Waals surface area (Å²) in [5, 5.41) is 4.13. The number of amides is 1. The molecule has 3 heterocycles. The molecule has 2 saturated heterocycles. The van der Waals surface area contributed by atoms with Crippen LogP contribution in [-0.4, -0.2) is 61.4 Å². The van der Waals surface area contributed by atoms with Crippen molar-refractivity contribution in [2.45, 2.75) is 64.3 Å². The number of ether oxygens (including phenoxy) is 1. The van der Waals surface area contributed by atoms with E-state index in [1.165, 1.54) is 6.42 Å². The van der Waals surface area contributed by atoms with E-state index in [-0.39, 0.29) is 18.2 Å². The molecule has 1 amide bonds. The predicted octanol–water partition coefficient (Wildman–Crippen LogP) is 1.79. The van der Waals surface area contributed by atoms with E-state index in [9.17, 15) is 4.79 Å². The van der Waals surface area contributed by atoms with Crippen LogP contribution in [0.3, 0.4) is 0 Å². The molecule has 7 heteroatoms. The molecular weight excluding hydrogens is 294 g/mol. The van der Waals surface area contributed by atoms with Crippen molar-refractivity contribution in [3.8, 4) is 0 Å². The van der Waals surface area contributed by atoms with E-state index < -0.39 is 5.60 Å². The Balaban J connectivity index is 1.68. The number of likely N-dealkylation sites (tertiary alicyclic amines) is 1. The molecule has 3 rings (SSSR count). The number of hydrogen-bond acceptors (Lipinski definition) is 5. The molecule has 0 saturated carbocycles. The Labute approximate surface area is 137 Å². The van der Waals surface area contributed by atoms with Crippen LogP contribution in [0.15, 0.2) is 6.33 Å². The van der Waals surface area contributed by atoms with E-state index in [0.29, 0.717) is 0 Å². The van der Waals surface area contributed by atoms with Gasteiger partial charge in [0.25, 0.3) is 0 Å². The van der Waals surface area contributed by atoms with E-state index in [1.807, 2.05) is 37.4 Å². The van der Waals surface area contributed by atoms with Crippen LogP contribution >= 0.6 is 0 Å². The fourth-order valence-electron chi connectivity index (χ4n) is 3.60. The van der Waals surface area contributed by atoms with Crippen molar-refractivity contribution in [3.63, 3.8) is 0 Å². The summed E-state index contributed by atoms with van der Waals surface area (Å²) in [6, 6.07) is 0.483. The van der Waals surface area contributed by atoms with E-state index >= 15 is 0 Å². The molecule has 0 radical (unpaired) electrons. The Morgan fingerprint density at radius 2 is 1.96 bits per heavy atom. The molecule has 0 aromatic carbocycles. The fraction of sp³-hybridized carbons (Fsp3) is 0.812. The number of piperazine rings is 1. The third-order valence-electron chi connectivity index (χ3n) is 4.57. The smallest absolute Gasteiger partial charge is 0.410 e. The second kappa shape index (κ2) is 6.11. The Morgan fingerprint density at radius 1 is 1.30 bits per heavy atom. The van der Waals surface area contributed by atoms with Crippen molar-refractivity contribution in [1.82, 2.24) is 24.6 Å². The molecule has 0 spiro atoms. The number of rotatable bonds is 2. The van der Waals surface area contributed by atoms with Gasteiger partial charge in [-0.1, -0.05) is 0 Å². The van der Waals surface area contributed by atoms with E-state index in [1.54, 1.807) is 6.33 Å². The quantitative estimate of drug-likeness (QED) is 0.831. The molecule has 23 heavy (non-hydrogen) atoms. The standard InChI is InChI=1S/C16H27N5O2/c1-16(2,3)23-15(22)21-12-6-5-7-13(21)9-20(8-12)10-14-17-11-18-19(14)4/h11-13H,5-10H2,1-4H3/t12-,13+. The third-order valence-corrected chi connectivity index (χ3v) is 4.57. The van der Waals surface area contributed by atoms with E-state index in [2.05, 4.69) is 15.0 Å². The second-order valence-electron chi connectivity index (χ2n) is 7.62. The number of nitrogens with zero attached hydrogens (tertiary/aromatic N) is 5. The molecular formula is C16H27N5O2. The summed E-state index contributed by atoms with van der Waals surface area (Å²) in [6.45, 7) is 8.30. The summed E-state index contributed by atoms with van der Waals surface area (Å²) in [7, 11) is 1.92. The first-order valence-corrected chi connectivity index (χ1v) is 8.40. The summed E-state index contributed by atoms with van der Waals surface area (Å²) in [6.07, 6.45) is 4.71. The van der Waals surface area contributed by atoms with Crippen LogP contribution in [-0.2, 0) is 18.3 Å². The summed E-state index contributed by atoms with van der Waals surface area (Å²) in [5.41, 5.74) is -0.443. The van der Waals surface area contributed by atoms with Crippen LogP contribution in [0.4, 0.5) is 4.79 Å². The summed E-state index contributed by atoms with van der Waals surface area (Å²) >= 11 is 0. The van der Waals surface area contributed by atoms with Gasteiger partial charge in [-0.05, 0) is 40.0 Å². The molecule has 2 bridgehead atoms. The first kappa shape index (κ1) is 16.2. The molecule has 2 aliphatic rings. The SMILES string of the molecule is Cn1ncnc1CN1C[C@H]2CCC[C@@H](C1)N2C(=O)OC(C)(C)C. The van der Waals surface area contributed by atoms with Crippen molar-refractivity contribution in [2.24, 2.45) is 7.05 Å². The summed E-state index contributed by atoms with van der Waals surface area (Å²) in [5.74, 6) is 0.966. The minimum Gasteiger partial charge on any atom is -0.444 e. The highest BCUT2D eigenvalue weighted by Crippen LogP contribution is 2.30. The average Bonchev–Trinajstić information content (AvgIpc) is 2.81.